The SMILES string of the molecule is CCC(NCCCN(C)C(=O)OC(C)(C)C)C(=O)OC. The molecule has 1 unspecified atom stereocenters. The number of carbonyl (C=O) groups is 2. The first kappa shape index (κ1) is 18.7. The number of nitrogens with one attached hydrogen (secondary N) is 1. The Balaban J connectivity index is 3.94. The van der Waals surface area contributed by atoms with Crippen LogP contribution in [-0.2, 0) is 14.3 Å². The smallest absolute Gasteiger partial charge is 0.410 e. The molecule has 0 saturated carbocycles. The minimum absolute atomic E-state index is 0.256. The third-order valence-electron chi connectivity index (χ3n) is 2.66. The van der Waals surface area contributed by atoms with E-state index >= 15 is 0 Å². The molecule has 6 nitrogen and oxygen atoms in total. The minimum Gasteiger partial charge on any atom is -0.468 e. The summed E-state index contributed by atoms with van der Waals surface area (Å²) in [4.78, 5) is 24.6. The van der Waals surface area contributed by atoms with Gasteiger partial charge in [-0.3, -0.25) is 4.79 Å². The lowest BCUT2D eigenvalue weighted by atomic mass is 10.2. The molecule has 0 spiro atoms. The van der Waals surface area contributed by atoms with Crippen molar-refractivity contribution in [3.8, 4) is 0 Å². The van der Waals surface area contributed by atoms with Crippen LogP contribution in [0.15, 0.2) is 0 Å². The van der Waals surface area contributed by atoms with Crippen molar-refractivity contribution in [1.82, 2.24) is 10.2 Å². The summed E-state index contributed by atoms with van der Waals surface area (Å²) in [5.41, 5.74) is -0.484. The second kappa shape index (κ2) is 8.79. The second-order valence-electron chi connectivity index (χ2n) is 5.69. The van der Waals surface area contributed by atoms with Crippen LogP contribution in [0.1, 0.15) is 40.5 Å². The van der Waals surface area contributed by atoms with Crippen LogP contribution in [0.2, 0.25) is 0 Å². The Bertz CT molecular complexity index is 313. The summed E-state index contributed by atoms with van der Waals surface area (Å²) in [7, 11) is 3.08. The van der Waals surface area contributed by atoms with Crippen molar-refractivity contribution in [2.24, 2.45) is 0 Å². The summed E-state index contributed by atoms with van der Waals surface area (Å²) in [5, 5.41) is 3.11. The summed E-state index contributed by atoms with van der Waals surface area (Å²) < 4.78 is 9.94. The summed E-state index contributed by atoms with van der Waals surface area (Å²) in [6.07, 6.45) is 1.08. The van der Waals surface area contributed by atoms with E-state index in [-0.39, 0.29) is 18.1 Å². The fourth-order valence-electron chi connectivity index (χ4n) is 1.56. The van der Waals surface area contributed by atoms with Crippen LogP contribution in [-0.4, -0.2) is 55.9 Å². The number of ether oxygens (including phenoxy) is 2. The Morgan fingerprint density at radius 3 is 2.35 bits per heavy atom. The van der Waals surface area contributed by atoms with Gasteiger partial charge in [-0.25, -0.2) is 4.79 Å². The van der Waals surface area contributed by atoms with E-state index in [4.69, 9.17) is 4.74 Å². The molecular weight excluding hydrogens is 260 g/mol. The molecule has 1 amide bonds. The molecule has 0 aromatic carbocycles. The fourth-order valence-corrected chi connectivity index (χ4v) is 1.56. The van der Waals surface area contributed by atoms with Crippen LogP contribution in [0.4, 0.5) is 4.79 Å². The number of methoxy groups -OCH3 is 1. The van der Waals surface area contributed by atoms with Gasteiger partial charge in [0, 0.05) is 13.6 Å². The van der Waals surface area contributed by atoms with Crippen molar-refractivity contribution < 1.29 is 19.1 Å². The average Bonchev–Trinajstić information content (AvgIpc) is 2.35. The molecule has 0 radical (unpaired) electrons. The largest absolute Gasteiger partial charge is 0.468 e. The van der Waals surface area contributed by atoms with E-state index in [1.807, 2.05) is 27.7 Å². The maximum atomic E-state index is 11.7. The molecule has 0 bridgehead atoms. The standard InChI is InChI=1S/C14H28N2O4/c1-7-11(12(17)19-6)15-9-8-10-16(5)13(18)20-14(2,3)4/h11,15H,7-10H2,1-6H3. The number of hydrogen-bond acceptors (Lipinski definition) is 5. The number of esters is 1. The number of hydrogen-bond donors (Lipinski definition) is 1. The summed E-state index contributed by atoms with van der Waals surface area (Å²) in [6, 6.07) is -0.285. The zero-order valence-electron chi connectivity index (χ0n) is 13.5. The van der Waals surface area contributed by atoms with E-state index in [0.29, 0.717) is 19.5 Å². The predicted molar refractivity (Wildman–Crippen MR) is 77.6 cm³/mol. The zero-order valence-corrected chi connectivity index (χ0v) is 13.5. The van der Waals surface area contributed by atoms with Gasteiger partial charge in [0.2, 0.25) is 0 Å². The molecule has 0 aliphatic heterocycles. The maximum absolute atomic E-state index is 11.7. The molecule has 20 heavy (non-hydrogen) atoms. The molecule has 1 N–H and O–H groups in total. The first-order chi connectivity index (χ1) is 9.21. The Hall–Kier alpha value is -1.30. The minimum atomic E-state index is -0.484. The highest BCUT2D eigenvalue weighted by Gasteiger charge is 2.19. The third kappa shape index (κ3) is 7.99. The lowest BCUT2D eigenvalue weighted by Crippen LogP contribution is -2.39. The van der Waals surface area contributed by atoms with Gasteiger partial charge in [0.25, 0.3) is 0 Å². The van der Waals surface area contributed by atoms with E-state index in [9.17, 15) is 9.59 Å². The molecule has 0 aliphatic carbocycles. The van der Waals surface area contributed by atoms with Crippen LogP contribution in [0.25, 0.3) is 0 Å². The van der Waals surface area contributed by atoms with Gasteiger partial charge in [-0.15, -0.1) is 0 Å². The number of amides is 1. The molecular formula is C14H28N2O4. The first-order valence-corrected chi connectivity index (χ1v) is 6.96. The van der Waals surface area contributed by atoms with Crippen LogP contribution < -0.4 is 5.32 Å². The molecule has 0 aromatic heterocycles. The van der Waals surface area contributed by atoms with E-state index in [1.54, 1.807) is 7.05 Å². The number of carbonyl (C=O) groups excluding carboxylic acids is 2. The van der Waals surface area contributed by atoms with Crippen LogP contribution in [0, 0.1) is 0 Å². The van der Waals surface area contributed by atoms with E-state index in [0.717, 1.165) is 6.42 Å². The lowest BCUT2D eigenvalue weighted by molar-refractivity contribution is -0.143. The quantitative estimate of drug-likeness (QED) is 0.571. The highest BCUT2D eigenvalue weighted by atomic mass is 16.6. The van der Waals surface area contributed by atoms with Crippen molar-refractivity contribution >= 4 is 12.1 Å². The Kier molecular flexibility index (Phi) is 8.22. The molecule has 0 saturated heterocycles. The van der Waals surface area contributed by atoms with Crippen LogP contribution >= 0.6 is 0 Å². The van der Waals surface area contributed by atoms with Gasteiger partial charge >= 0.3 is 12.1 Å². The Labute approximate surface area is 121 Å². The number of nitrogens with zero attached hydrogens (tertiary/aromatic N) is 1. The fraction of sp³-hybridized carbons (Fsp3) is 0.857. The number of rotatable bonds is 7. The highest BCUT2D eigenvalue weighted by Crippen LogP contribution is 2.09. The van der Waals surface area contributed by atoms with Gasteiger partial charge in [-0.2, -0.15) is 0 Å². The second-order valence-corrected chi connectivity index (χ2v) is 5.69. The molecule has 0 aromatic rings. The first-order valence-electron chi connectivity index (χ1n) is 6.96. The summed E-state index contributed by atoms with van der Waals surface area (Å²) in [5.74, 6) is -0.256. The topological polar surface area (TPSA) is 67.9 Å². The van der Waals surface area contributed by atoms with Crippen molar-refractivity contribution in [3.63, 3.8) is 0 Å². The zero-order chi connectivity index (χ0) is 15.8. The normalized spacial score (nSPS) is 12.7. The molecule has 1 atom stereocenters. The molecule has 0 fully saturated rings. The Morgan fingerprint density at radius 2 is 1.90 bits per heavy atom. The molecule has 0 aliphatic rings. The van der Waals surface area contributed by atoms with Gasteiger partial charge < -0.3 is 19.7 Å². The maximum Gasteiger partial charge on any atom is 0.410 e. The van der Waals surface area contributed by atoms with Crippen molar-refractivity contribution in [3.05, 3.63) is 0 Å². The summed E-state index contributed by atoms with van der Waals surface area (Å²) >= 11 is 0. The molecule has 0 rings (SSSR count). The van der Waals surface area contributed by atoms with Gasteiger partial charge in [0.15, 0.2) is 0 Å². The van der Waals surface area contributed by atoms with Crippen molar-refractivity contribution in [2.45, 2.75) is 52.2 Å². The summed E-state index contributed by atoms with van der Waals surface area (Å²) in [6.45, 7) is 8.63. The predicted octanol–water partition coefficient (Wildman–Crippen LogP) is 1.78. The molecule has 6 heteroatoms. The van der Waals surface area contributed by atoms with Gasteiger partial charge in [-0.1, -0.05) is 6.92 Å². The van der Waals surface area contributed by atoms with E-state index in [2.05, 4.69) is 10.1 Å². The van der Waals surface area contributed by atoms with Crippen LogP contribution in [0.3, 0.4) is 0 Å². The van der Waals surface area contributed by atoms with E-state index in [1.165, 1.54) is 12.0 Å². The Morgan fingerprint density at radius 1 is 1.30 bits per heavy atom. The molecule has 118 valence electrons. The highest BCUT2D eigenvalue weighted by molar-refractivity contribution is 5.75. The van der Waals surface area contributed by atoms with Crippen LogP contribution in [0.5, 0.6) is 0 Å². The van der Waals surface area contributed by atoms with Gasteiger partial charge in [0.1, 0.15) is 11.6 Å². The molecule has 0 heterocycles. The van der Waals surface area contributed by atoms with Gasteiger partial charge in [0.05, 0.1) is 7.11 Å². The third-order valence-corrected chi connectivity index (χ3v) is 2.66. The van der Waals surface area contributed by atoms with E-state index < -0.39 is 5.60 Å². The van der Waals surface area contributed by atoms with Crippen molar-refractivity contribution in [2.75, 3.05) is 27.2 Å². The average molecular weight is 288 g/mol. The van der Waals surface area contributed by atoms with Crippen molar-refractivity contribution in [1.29, 1.82) is 0 Å². The lowest BCUT2D eigenvalue weighted by Gasteiger charge is -2.24. The monoisotopic (exact) mass is 288 g/mol. The van der Waals surface area contributed by atoms with Gasteiger partial charge in [-0.05, 0) is 40.2 Å².